The van der Waals surface area contributed by atoms with Gasteiger partial charge in [0.05, 0.1) is 0 Å². The van der Waals surface area contributed by atoms with E-state index in [2.05, 4.69) is 5.32 Å². The molecule has 2 nitrogen and oxygen atoms in total. The number of hydrogen-bond acceptors (Lipinski definition) is 2. The van der Waals surface area contributed by atoms with Gasteiger partial charge >= 0.3 is 0 Å². The van der Waals surface area contributed by atoms with Gasteiger partial charge in [0.15, 0.2) is 0 Å². The molecule has 1 fully saturated rings. The highest BCUT2D eigenvalue weighted by molar-refractivity contribution is 5.23. The van der Waals surface area contributed by atoms with Crippen LogP contribution >= 0.6 is 0 Å². The van der Waals surface area contributed by atoms with E-state index in [9.17, 15) is 4.39 Å². The van der Waals surface area contributed by atoms with E-state index in [1.165, 1.54) is 6.07 Å². The Labute approximate surface area is 82.8 Å². The third kappa shape index (κ3) is 1.79. The molecule has 14 heavy (non-hydrogen) atoms. The van der Waals surface area contributed by atoms with Gasteiger partial charge in [0.25, 0.3) is 0 Å². The van der Waals surface area contributed by atoms with E-state index >= 15 is 0 Å². The summed E-state index contributed by atoms with van der Waals surface area (Å²) in [6, 6.07) is 6.64. The molecule has 76 valence electrons. The summed E-state index contributed by atoms with van der Waals surface area (Å²) < 4.78 is 13.0. The molecule has 0 unspecified atom stereocenters. The van der Waals surface area contributed by atoms with Crippen molar-refractivity contribution < 1.29 is 9.50 Å². The maximum Gasteiger partial charge on any atom is 0.123 e. The van der Waals surface area contributed by atoms with E-state index in [-0.39, 0.29) is 24.3 Å². The highest BCUT2D eigenvalue weighted by Crippen LogP contribution is 2.27. The molecule has 0 radical (unpaired) electrons. The molecule has 0 amide bonds. The van der Waals surface area contributed by atoms with Gasteiger partial charge in [0.2, 0.25) is 0 Å². The minimum Gasteiger partial charge on any atom is -0.396 e. The largest absolute Gasteiger partial charge is 0.396 e. The molecule has 0 spiro atoms. The molecule has 1 heterocycles. The minimum absolute atomic E-state index is 0.161. The summed E-state index contributed by atoms with van der Waals surface area (Å²) in [6.07, 6.45) is 0. The number of halogens is 1. The predicted molar refractivity (Wildman–Crippen MR) is 52.6 cm³/mol. The summed E-state index contributed by atoms with van der Waals surface area (Å²) in [4.78, 5) is 0. The summed E-state index contributed by atoms with van der Waals surface area (Å²) in [5.74, 6) is 0.263. The topological polar surface area (TPSA) is 32.3 Å². The second-order valence-corrected chi connectivity index (χ2v) is 3.76. The number of aliphatic hydroxyl groups excluding tert-OH is 1. The molecule has 2 atom stereocenters. The molecule has 0 aromatic heterocycles. The van der Waals surface area contributed by atoms with Gasteiger partial charge in [-0.3, -0.25) is 0 Å². The average Bonchev–Trinajstić information content (AvgIpc) is 2.65. The molecule has 1 aliphatic heterocycles. The van der Waals surface area contributed by atoms with Crippen LogP contribution in [-0.2, 0) is 0 Å². The summed E-state index contributed by atoms with van der Waals surface area (Å²) in [5, 5.41) is 12.3. The first-order valence-corrected chi connectivity index (χ1v) is 4.88. The van der Waals surface area contributed by atoms with Crippen LogP contribution in [0.15, 0.2) is 24.3 Å². The van der Waals surface area contributed by atoms with E-state index in [0.717, 1.165) is 18.7 Å². The van der Waals surface area contributed by atoms with Crippen molar-refractivity contribution in [2.45, 2.75) is 5.92 Å². The van der Waals surface area contributed by atoms with Gasteiger partial charge in [0, 0.05) is 31.5 Å². The van der Waals surface area contributed by atoms with Crippen LogP contribution < -0.4 is 5.32 Å². The van der Waals surface area contributed by atoms with Gasteiger partial charge in [-0.1, -0.05) is 12.1 Å². The van der Waals surface area contributed by atoms with E-state index < -0.39 is 0 Å². The molecule has 0 saturated carbocycles. The Morgan fingerprint density at radius 1 is 1.43 bits per heavy atom. The van der Waals surface area contributed by atoms with Crippen LogP contribution in [0.3, 0.4) is 0 Å². The first-order valence-electron chi connectivity index (χ1n) is 4.88. The van der Waals surface area contributed by atoms with Crippen molar-refractivity contribution in [2.75, 3.05) is 19.7 Å². The smallest absolute Gasteiger partial charge is 0.123 e. The third-order valence-corrected chi connectivity index (χ3v) is 2.85. The Morgan fingerprint density at radius 2 is 2.29 bits per heavy atom. The molecule has 0 aliphatic carbocycles. The van der Waals surface area contributed by atoms with Gasteiger partial charge < -0.3 is 10.4 Å². The Kier molecular flexibility index (Phi) is 2.79. The van der Waals surface area contributed by atoms with Crippen LogP contribution in [0.4, 0.5) is 4.39 Å². The van der Waals surface area contributed by atoms with Crippen molar-refractivity contribution >= 4 is 0 Å². The zero-order valence-electron chi connectivity index (χ0n) is 7.91. The van der Waals surface area contributed by atoms with Crippen molar-refractivity contribution in [3.63, 3.8) is 0 Å². The molecular weight excluding hydrogens is 181 g/mol. The Bertz CT molecular complexity index is 316. The lowest BCUT2D eigenvalue weighted by atomic mass is 9.89. The van der Waals surface area contributed by atoms with Crippen molar-refractivity contribution in [2.24, 2.45) is 5.92 Å². The lowest BCUT2D eigenvalue weighted by molar-refractivity contribution is 0.226. The predicted octanol–water partition coefficient (Wildman–Crippen LogP) is 1.12. The molecule has 1 aromatic carbocycles. The third-order valence-electron chi connectivity index (χ3n) is 2.85. The molecule has 1 aliphatic rings. The molecule has 3 heteroatoms. The maximum atomic E-state index is 13.0. The number of nitrogens with one attached hydrogen (secondary N) is 1. The SMILES string of the molecule is OC[C@@H]1CNC[C@@H]1c1cccc(F)c1. The quantitative estimate of drug-likeness (QED) is 0.741. The Balaban J connectivity index is 2.21. The first-order chi connectivity index (χ1) is 6.81. The molecule has 2 N–H and O–H groups in total. The summed E-state index contributed by atoms with van der Waals surface area (Å²) >= 11 is 0. The van der Waals surface area contributed by atoms with Gasteiger partial charge in [-0.05, 0) is 17.7 Å². The Hall–Kier alpha value is -0.930. The summed E-state index contributed by atoms with van der Waals surface area (Å²) in [5.41, 5.74) is 0.981. The number of rotatable bonds is 2. The number of hydrogen-bond donors (Lipinski definition) is 2. The minimum atomic E-state index is -0.203. The van der Waals surface area contributed by atoms with E-state index in [1.54, 1.807) is 12.1 Å². The lowest BCUT2D eigenvalue weighted by Crippen LogP contribution is -2.14. The normalized spacial score (nSPS) is 26.7. The molecular formula is C11H14FNO. The molecule has 1 saturated heterocycles. The van der Waals surface area contributed by atoms with E-state index in [1.807, 2.05) is 6.07 Å². The first kappa shape index (κ1) is 9.62. The van der Waals surface area contributed by atoms with Crippen LogP contribution in [0.25, 0.3) is 0 Å². The monoisotopic (exact) mass is 195 g/mol. The van der Waals surface area contributed by atoms with Crippen LogP contribution in [0, 0.1) is 11.7 Å². The molecule has 0 bridgehead atoms. The van der Waals surface area contributed by atoms with Crippen LogP contribution in [0.5, 0.6) is 0 Å². The van der Waals surface area contributed by atoms with E-state index in [0.29, 0.717) is 0 Å². The average molecular weight is 195 g/mol. The summed E-state index contributed by atoms with van der Waals surface area (Å²) in [7, 11) is 0. The second kappa shape index (κ2) is 4.07. The van der Waals surface area contributed by atoms with Crippen LogP contribution in [0.1, 0.15) is 11.5 Å². The van der Waals surface area contributed by atoms with Crippen molar-refractivity contribution in [1.29, 1.82) is 0 Å². The molecule has 2 rings (SSSR count). The maximum absolute atomic E-state index is 13.0. The molecule has 1 aromatic rings. The summed E-state index contributed by atoms with van der Waals surface area (Å²) in [6.45, 7) is 1.81. The van der Waals surface area contributed by atoms with Crippen LogP contribution in [-0.4, -0.2) is 24.8 Å². The van der Waals surface area contributed by atoms with Crippen LogP contribution in [0.2, 0.25) is 0 Å². The van der Waals surface area contributed by atoms with Gasteiger partial charge in [0.1, 0.15) is 5.82 Å². The van der Waals surface area contributed by atoms with E-state index in [4.69, 9.17) is 5.11 Å². The number of benzene rings is 1. The second-order valence-electron chi connectivity index (χ2n) is 3.76. The van der Waals surface area contributed by atoms with Gasteiger partial charge in [-0.25, -0.2) is 4.39 Å². The highest BCUT2D eigenvalue weighted by atomic mass is 19.1. The van der Waals surface area contributed by atoms with Gasteiger partial charge in [-0.15, -0.1) is 0 Å². The highest BCUT2D eigenvalue weighted by Gasteiger charge is 2.27. The number of aliphatic hydroxyl groups is 1. The standard InChI is InChI=1S/C11H14FNO/c12-10-3-1-2-8(4-10)11-6-13-5-9(11)7-14/h1-4,9,11,13-14H,5-7H2/t9-,11+/m0/s1. The fraction of sp³-hybridized carbons (Fsp3) is 0.455. The Morgan fingerprint density at radius 3 is 3.00 bits per heavy atom. The van der Waals surface area contributed by atoms with Crippen molar-refractivity contribution in [3.8, 4) is 0 Å². The fourth-order valence-electron chi connectivity index (χ4n) is 2.05. The van der Waals surface area contributed by atoms with Crippen molar-refractivity contribution in [3.05, 3.63) is 35.6 Å². The van der Waals surface area contributed by atoms with Crippen molar-refractivity contribution in [1.82, 2.24) is 5.32 Å². The van der Waals surface area contributed by atoms with Gasteiger partial charge in [-0.2, -0.15) is 0 Å². The zero-order chi connectivity index (χ0) is 9.97. The zero-order valence-corrected chi connectivity index (χ0v) is 7.91. The lowest BCUT2D eigenvalue weighted by Gasteiger charge is -2.16. The fourth-order valence-corrected chi connectivity index (χ4v) is 2.05.